The normalized spacial score (nSPS) is 14.4. The molecule has 2 aromatic carbocycles. The third-order valence-electron chi connectivity index (χ3n) is 5.04. The van der Waals surface area contributed by atoms with Crippen molar-refractivity contribution in [3.8, 4) is 17.0 Å². The van der Waals surface area contributed by atoms with Gasteiger partial charge in [-0.2, -0.15) is 0 Å². The molecule has 0 atom stereocenters. The highest BCUT2D eigenvalue weighted by Crippen LogP contribution is 2.32. The van der Waals surface area contributed by atoms with Crippen molar-refractivity contribution < 1.29 is 27.9 Å². The number of amides is 1. The number of oxime groups is 1. The van der Waals surface area contributed by atoms with Crippen molar-refractivity contribution in [1.82, 2.24) is 9.97 Å². The average Bonchev–Trinajstić information content (AvgIpc) is 3.07. The second-order valence-corrected chi connectivity index (χ2v) is 7.85. The minimum atomic E-state index is -1.05. The second-order valence-electron chi connectivity index (χ2n) is 7.85. The van der Waals surface area contributed by atoms with Crippen molar-refractivity contribution in [1.29, 1.82) is 0 Å². The van der Waals surface area contributed by atoms with Crippen LogP contribution >= 0.6 is 0 Å². The minimum Gasteiger partial charge on any atom is -0.493 e. The average molecular weight is 466 g/mol. The van der Waals surface area contributed by atoms with Crippen LogP contribution in [0.2, 0.25) is 0 Å². The van der Waals surface area contributed by atoms with Crippen LogP contribution in [0.15, 0.2) is 53.9 Å². The van der Waals surface area contributed by atoms with Gasteiger partial charge in [-0.15, -0.1) is 0 Å². The summed E-state index contributed by atoms with van der Waals surface area (Å²) in [6.45, 7) is 5.48. The molecule has 1 amide bonds. The van der Waals surface area contributed by atoms with Gasteiger partial charge in [-0.3, -0.25) is 14.6 Å². The Morgan fingerprint density at radius 1 is 1.12 bits per heavy atom. The van der Waals surface area contributed by atoms with Gasteiger partial charge >= 0.3 is 0 Å². The fourth-order valence-corrected chi connectivity index (χ4v) is 3.30. The molecular weight excluding hydrogens is 446 g/mol. The van der Waals surface area contributed by atoms with E-state index in [2.05, 4.69) is 20.4 Å². The molecule has 10 heteroatoms. The summed E-state index contributed by atoms with van der Waals surface area (Å²) in [4.78, 5) is 38.5. The molecule has 0 bridgehead atoms. The van der Waals surface area contributed by atoms with Crippen LogP contribution in [-0.2, 0) is 9.63 Å². The Kier molecular flexibility index (Phi) is 6.06. The maximum atomic E-state index is 13.9. The molecule has 0 saturated carbocycles. The summed E-state index contributed by atoms with van der Waals surface area (Å²) < 4.78 is 33.4. The number of benzene rings is 2. The van der Waals surface area contributed by atoms with Gasteiger partial charge in [0.2, 0.25) is 5.78 Å². The van der Waals surface area contributed by atoms with Gasteiger partial charge in [0.05, 0.1) is 24.7 Å². The number of Topliss-reactive ketones (excluding diaryl/α,β-unsaturated/α-hetero) is 1. The summed E-state index contributed by atoms with van der Waals surface area (Å²) in [5.74, 6) is -2.73. The van der Waals surface area contributed by atoms with Crippen LogP contribution in [0.4, 0.5) is 14.6 Å². The summed E-state index contributed by atoms with van der Waals surface area (Å²) in [6.07, 6.45) is 2.62. The number of hydrogen-bond acceptors (Lipinski definition) is 7. The topological polar surface area (TPSA) is 103 Å². The number of ether oxygens (including phenoxy) is 1. The predicted molar refractivity (Wildman–Crippen MR) is 120 cm³/mol. The van der Waals surface area contributed by atoms with E-state index in [-0.39, 0.29) is 17.3 Å². The Hall–Kier alpha value is -4.21. The van der Waals surface area contributed by atoms with Crippen LogP contribution in [-0.4, -0.2) is 39.6 Å². The van der Waals surface area contributed by atoms with E-state index in [4.69, 9.17) is 9.57 Å². The third-order valence-corrected chi connectivity index (χ3v) is 5.04. The van der Waals surface area contributed by atoms with Crippen LogP contribution in [0.3, 0.4) is 0 Å². The number of halogens is 2. The van der Waals surface area contributed by atoms with E-state index >= 15 is 0 Å². The summed E-state index contributed by atoms with van der Waals surface area (Å²) >= 11 is 0. The number of carbonyl (C=O) groups is 2. The smallest absolute Gasteiger partial charge is 0.262 e. The number of nitrogens with one attached hydrogen (secondary N) is 1. The van der Waals surface area contributed by atoms with Crippen molar-refractivity contribution in [2.24, 2.45) is 5.16 Å². The van der Waals surface area contributed by atoms with Crippen LogP contribution in [0.1, 0.15) is 36.7 Å². The third kappa shape index (κ3) is 4.34. The Bertz CT molecular complexity index is 1290. The molecule has 8 nitrogen and oxygen atoms in total. The van der Waals surface area contributed by atoms with Gasteiger partial charge in [0.25, 0.3) is 5.91 Å². The van der Waals surface area contributed by atoms with E-state index in [0.29, 0.717) is 29.2 Å². The molecule has 0 spiro atoms. The number of nitrogens with zero attached hydrogens (tertiary/aromatic N) is 3. The van der Waals surface area contributed by atoms with E-state index in [1.807, 2.05) is 6.92 Å². The highest BCUT2D eigenvalue weighted by atomic mass is 19.1. The zero-order valence-electron chi connectivity index (χ0n) is 18.6. The SMILES string of the molecule is CCOc1ccc(C2=NOC(C)(C)C2=O)cc1-c1cnc(NC(=O)c2c(F)cccc2F)cn1. The van der Waals surface area contributed by atoms with E-state index in [9.17, 15) is 18.4 Å². The molecule has 1 aliphatic rings. The monoisotopic (exact) mass is 466 g/mol. The molecule has 0 radical (unpaired) electrons. The van der Waals surface area contributed by atoms with Crippen LogP contribution < -0.4 is 10.1 Å². The lowest BCUT2D eigenvalue weighted by molar-refractivity contribution is -0.128. The van der Waals surface area contributed by atoms with Crippen molar-refractivity contribution in [3.05, 3.63) is 71.6 Å². The lowest BCUT2D eigenvalue weighted by Crippen LogP contribution is -2.33. The number of aromatic nitrogens is 2. The maximum Gasteiger partial charge on any atom is 0.262 e. The van der Waals surface area contributed by atoms with Crippen molar-refractivity contribution in [3.63, 3.8) is 0 Å². The van der Waals surface area contributed by atoms with E-state index < -0.39 is 28.7 Å². The number of ketones is 1. The molecule has 1 aromatic heterocycles. The largest absolute Gasteiger partial charge is 0.493 e. The van der Waals surface area contributed by atoms with Gasteiger partial charge in [0.1, 0.15) is 22.9 Å². The first-order valence-electron chi connectivity index (χ1n) is 10.4. The summed E-state index contributed by atoms with van der Waals surface area (Å²) in [5.41, 5.74) is -0.157. The first kappa shape index (κ1) is 23.0. The molecule has 1 aliphatic heterocycles. The molecule has 174 valence electrons. The number of hydrogen-bond donors (Lipinski definition) is 1. The maximum absolute atomic E-state index is 13.9. The van der Waals surface area contributed by atoms with Gasteiger partial charge in [0, 0.05) is 11.1 Å². The standard InChI is InChI=1S/C24H20F2N4O4/c1-4-33-18-9-8-13(21-22(31)24(2,3)34-30-21)10-14(18)17-11-28-19(12-27-17)29-23(32)20-15(25)6-5-7-16(20)26/h5-12H,4H2,1-3H3,(H,28,29,32). The summed E-state index contributed by atoms with van der Waals surface area (Å²) in [7, 11) is 0. The molecule has 0 aliphatic carbocycles. The highest BCUT2D eigenvalue weighted by molar-refractivity contribution is 6.49. The first-order valence-corrected chi connectivity index (χ1v) is 10.4. The van der Waals surface area contributed by atoms with Crippen LogP contribution in [0.25, 0.3) is 11.3 Å². The first-order chi connectivity index (χ1) is 16.2. The van der Waals surface area contributed by atoms with Gasteiger partial charge in [-0.05, 0) is 51.1 Å². The number of rotatable bonds is 6. The molecule has 4 rings (SSSR count). The lowest BCUT2D eigenvalue weighted by Gasteiger charge is -2.13. The van der Waals surface area contributed by atoms with Gasteiger partial charge in [-0.25, -0.2) is 13.8 Å². The molecule has 3 aromatic rings. The Balaban J connectivity index is 1.63. The highest BCUT2D eigenvalue weighted by Gasteiger charge is 2.40. The Labute approximate surface area is 193 Å². The molecule has 0 fully saturated rings. The van der Waals surface area contributed by atoms with E-state index in [1.165, 1.54) is 12.4 Å². The van der Waals surface area contributed by atoms with Gasteiger partial charge in [0.15, 0.2) is 17.1 Å². The summed E-state index contributed by atoms with van der Waals surface area (Å²) in [5, 5.41) is 6.25. The zero-order chi connectivity index (χ0) is 24.5. The fraction of sp³-hybridized carbons (Fsp3) is 0.208. The lowest BCUT2D eigenvalue weighted by atomic mass is 9.94. The van der Waals surface area contributed by atoms with Crippen molar-refractivity contribution in [2.75, 3.05) is 11.9 Å². The molecule has 34 heavy (non-hydrogen) atoms. The van der Waals surface area contributed by atoms with E-state index in [0.717, 1.165) is 18.2 Å². The van der Waals surface area contributed by atoms with Crippen LogP contribution in [0, 0.1) is 11.6 Å². The second kappa shape index (κ2) is 8.97. The molecular formula is C24H20F2N4O4. The van der Waals surface area contributed by atoms with Gasteiger partial charge < -0.3 is 14.9 Å². The minimum absolute atomic E-state index is 0.00369. The van der Waals surface area contributed by atoms with Crippen LogP contribution in [0.5, 0.6) is 5.75 Å². The zero-order valence-corrected chi connectivity index (χ0v) is 18.6. The van der Waals surface area contributed by atoms with Crippen molar-refractivity contribution in [2.45, 2.75) is 26.4 Å². The van der Waals surface area contributed by atoms with Crippen molar-refractivity contribution >= 4 is 23.2 Å². The summed E-state index contributed by atoms with van der Waals surface area (Å²) in [6, 6.07) is 8.21. The molecule has 2 heterocycles. The number of carbonyl (C=O) groups excluding carboxylic acids is 2. The number of anilines is 1. The predicted octanol–water partition coefficient (Wildman–Crippen LogP) is 4.15. The van der Waals surface area contributed by atoms with Gasteiger partial charge in [-0.1, -0.05) is 11.2 Å². The Morgan fingerprint density at radius 3 is 2.44 bits per heavy atom. The fourth-order valence-electron chi connectivity index (χ4n) is 3.30. The quantitative estimate of drug-likeness (QED) is 0.585. The molecule has 0 saturated heterocycles. The Morgan fingerprint density at radius 2 is 1.85 bits per heavy atom. The molecule has 0 unspecified atom stereocenters. The van der Waals surface area contributed by atoms with E-state index in [1.54, 1.807) is 32.0 Å². The molecule has 1 N–H and O–H groups in total.